The van der Waals surface area contributed by atoms with Crippen LogP contribution >= 0.6 is 0 Å². The number of hydrogen-bond donors (Lipinski definition) is 0. The van der Waals surface area contributed by atoms with Crippen LogP contribution in [-0.4, -0.2) is 19.7 Å². The second-order valence-electron chi connectivity index (χ2n) is 4.18. The summed E-state index contributed by atoms with van der Waals surface area (Å²) in [4.78, 5) is 4.30. The van der Waals surface area contributed by atoms with E-state index in [0.29, 0.717) is 0 Å². The van der Waals surface area contributed by atoms with Crippen molar-refractivity contribution in [3.8, 4) is 11.4 Å². The summed E-state index contributed by atoms with van der Waals surface area (Å²) in [6.45, 7) is 3.05. The van der Waals surface area contributed by atoms with E-state index in [0.717, 1.165) is 35.9 Å². The van der Waals surface area contributed by atoms with Crippen LogP contribution in [0, 0.1) is 6.92 Å². The van der Waals surface area contributed by atoms with Gasteiger partial charge in [0.15, 0.2) is 5.82 Å². The van der Waals surface area contributed by atoms with Gasteiger partial charge < -0.3 is 4.57 Å². The Labute approximate surface area is 94.4 Å². The van der Waals surface area contributed by atoms with Crippen LogP contribution in [0.2, 0.25) is 0 Å². The van der Waals surface area contributed by atoms with Gasteiger partial charge in [-0.05, 0) is 31.9 Å². The first-order chi connectivity index (χ1) is 7.86. The zero-order valence-electron chi connectivity index (χ0n) is 9.35. The van der Waals surface area contributed by atoms with Gasteiger partial charge in [-0.15, -0.1) is 10.2 Å². The van der Waals surface area contributed by atoms with Crippen molar-refractivity contribution < 1.29 is 0 Å². The van der Waals surface area contributed by atoms with Crippen molar-refractivity contribution in [1.29, 1.82) is 0 Å². The van der Waals surface area contributed by atoms with Crippen LogP contribution < -0.4 is 0 Å². The highest BCUT2D eigenvalue weighted by Crippen LogP contribution is 2.24. The number of aromatic nitrogens is 4. The molecule has 2 aromatic rings. The quantitative estimate of drug-likeness (QED) is 0.729. The molecule has 3 heterocycles. The third-order valence-corrected chi connectivity index (χ3v) is 3.11. The van der Waals surface area contributed by atoms with Crippen LogP contribution in [0.5, 0.6) is 0 Å². The summed E-state index contributed by atoms with van der Waals surface area (Å²) in [7, 11) is 0. The lowest BCUT2D eigenvalue weighted by Crippen LogP contribution is -2.11. The molecule has 0 unspecified atom stereocenters. The molecule has 0 radical (unpaired) electrons. The molecule has 16 heavy (non-hydrogen) atoms. The highest BCUT2D eigenvalue weighted by Gasteiger charge is 2.17. The van der Waals surface area contributed by atoms with Crippen LogP contribution in [0.1, 0.15) is 24.4 Å². The lowest BCUT2D eigenvalue weighted by Gasteiger charge is -2.15. The minimum Gasteiger partial charge on any atom is -0.311 e. The Kier molecular flexibility index (Phi) is 2.20. The maximum Gasteiger partial charge on any atom is 0.165 e. The summed E-state index contributed by atoms with van der Waals surface area (Å²) >= 11 is 0. The lowest BCUT2D eigenvalue weighted by atomic mass is 10.1. The van der Waals surface area contributed by atoms with Gasteiger partial charge in [-0.1, -0.05) is 0 Å². The van der Waals surface area contributed by atoms with Crippen LogP contribution in [0.25, 0.3) is 11.4 Å². The van der Waals surface area contributed by atoms with E-state index in [1.807, 2.05) is 19.2 Å². The maximum atomic E-state index is 4.30. The molecule has 0 saturated heterocycles. The van der Waals surface area contributed by atoms with E-state index in [4.69, 9.17) is 0 Å². The molecular formula is C12H14N4. The van der Waals surface area contributed by atoms with Gasteiger partial charge in [0.05, 0.1) is 0 Å². The molecule has 2 aromatic heterocycles. The molecule has 4 heteroatoms. The Bertz CT molecular complexity index is 515. The van der Waals surface area contributed by atoms with Crippen molar-refractivity contribution in [2.45, 2.75) is 32.7 Å². The second-order valence-corrected chi connectivity index (χ2v) is 4.18. The molecule has 0 fully saturated rings. The summed E-state index contributed by atoms with van der Waals surface area (Å²) in [5, 5.41) is 8.56. The molecular weight excluding hydrogens is 200 g/mol. The van der Waals surface area contributed by atoms with E-state index in [1.165, 1.54) is 12.8 Å². The molecule has 0 bridgehead atoms. The molecule has 0 amide bonds. The SMILES string of the molecule is Cc1ncccc1-c1nnc2n1CCCC2. The minimum atomic E-state index is 0.973. The highest BCUT2D eigenvalue weighted by molar-refractivity contribution is 5.58. The smallest absolute Gasteiger partial charge is 0.165 e. The van der Waals surface area contributed by atoms with Gasteiger partial charge in [-0.2, -0.15) is 0 Å². The summed E-state index contributed by atoms with van der Waals surface area (Å²) in [6.07, 6.45) is 5.31. The third kappa shape index (κ3) is 1.41. The third-order valence-electron chi connectivity index (χ3n) is 3.11. The Balaban J connectivity index is 2.13. The molecule has 3 rings (SSSR count). The first-order valence-corrected chi connectivity index (χ1v) is 5.70. The van der Waals surface area contributed by atoms with Crippen molar-refractivity contribution in [1.82, 2.24) is 19.7 Å². The van der Waals surface area contributed by atoms with Gasteiger partial charge in [0.2, 0.25) is 0 Å². The lowest BCUT2D eigenvalue weighted by molar-refractivity contribution is 0.525. The Hall–Kier alpha value is -1.71. The van der Waals surface area contributed by atoms with Gasteiger partial charge in [0.1, 0.15) is 5.82 Å². The molecule has 1 aliphatic heterocycles. The predicted molar refractivity (Wildman–Crippen MR) is 60.9 cm³/mol. The Morgan fingerprint density at radius 3 is 3.06 bits per heavy atom. The van der Waals surface area contributed by atoms with E-state index in [-0.39, 0.29) is 0 Å². The van der Waals surface area contributed by atoms with Crippen molar-refractivity contribution in [2.75, 3.05) is 0 Å². The minimum absolute atomic E-state index is 0.973. The molecule has 4 nitrogen and oxygen atoms in total. The van der Waals surface area contributed by atoms with Gasteiger partial charge in [0, 0.05) is 30.4 Å². The van der Waals surface area contributed by atoms with Gasteiger partial charge in [-0.3, -0.25) is 4.98 Å². The highest BCUT2D eigenvalue weighted by atomic mass is 15.3. The fourth-order valence-corrected chi connectivity index (χ4v) is 2.23. The fourth-order valence-electron chi connectivity index (χ4n) is 2.23. The fraction of sp³-hybridized carbons (Fsp3) is 0.417. The largest absolute Gasteiger partial charge is 0.311 e. The average Bonchev–Trinajstić information content (AvgIpc) is 2.74. The topological polar surface area (TPSA) is 43.6 Å². The van der Waals surface area contributed by atoms with Crippen molar-refractivity contribution in [3.63, 3.8) is 0 Å². The van der Waals surface area contributed by atoms with Crippen LogP contribution in [0.15, 0.2) is 18.3 Å². The molecule has 0 saturated carbocycles. The number of fused-ring (bicyclic) bond motifs is 1. The van der Waals surface area contributed by atoms with E-state index in [2.05, 4.69) is 25.8 Å². The summed E-state index contributed by atoms with van der Waals surface area (Å²) in [6, 6.07) is 4.01. The first kappa shape index (κ1) is 9.51. The molecule has 0 aliphatic carbocycles. The monoisotopic (exact) mass is 214 g/mol. The van der Waals surface area contributed by atoms with Crippen LogP contribution in [0.4, 0.5) is 0 Å². The normalized spacial score (nSPS) is 14.8. The zero-order chi connectivity index (χ0) is 11.0. The van der Waals surface area contributed by atoms with E-state index >= 15 is 0 Å². The molecule has 0 spiro atoms. The molecule has 1 aliphatic rings. The maximum absolute atomic E-state index is 4.30. The number of nitrogens with zero attached hydrogens (tertiary/aromatic N) is 4. The van der Waals surface area contributed by atoms with E-state index < -0.39 is 0 Å². The first-order valence-electron chi connectivity index (χ1n) is 5.70. The van der Waals surface area contributed by atoms with E-state index in [1.54, 1.807) is 0 Å². The summed E-state index contributed by atoms with van der Waals surface area (Å²) in [5.74, 6) is 2.09. The molecule has 0 atom stereocenters. The van der Waals surface area contributed by atoms with Crippen molar-refractivity contribution in [2.24, 2.45) is 0 Å². The van der Waals surface area contributed by atoms with Gasteiger partial charge in [-0.25, -0.2) is 0 Å². The number of hydrogen-bond acceptors (Lipinski definition) is 3. The number of aryl methyl sites for hydroxylation is 2. The number of pyridine rings is 1. The van der Waals surface area contributed by atoms with Crippen LogP contribution in [-0.2, 0) is 13.0 Å². The van der Waals surface area contributed by atoms with Crippen LogP contribution in [0.3, 0.4) is 0 Å². The number of rotatable bonds is 1. The van der Waals surface area contributed by atoms with Crippen molar-refractivity contribution >= 4 is 0 Å². The molecule has 0 aromatic carbocycles. The molecule has 82 valence electrons. The zero-order valence-corrected chi connectivity index (χ0v) is 9.35. The van der Waals surface area contributed by atoms with Gasteiger partial charge in [0.25, 0.3) is 0 Å². The van der Waals surface area contributed by atoms with E-state index in [9.17, 15) is 0 Å². The molecule has 0 N–H and O–H groups in total. The van der Waals surface area contributed by atoms with Gasteiger partial charge >= 0.3 is 0 Å². The summed E-state index contributed by atoms with van der Waals surface area (Å²) < 4.78 is 2.23. The standard InChI is InChI=1S/C12H14N4/c1-9-10(5-4-7-13-9)12-15-14-11-6-2-3-8-16(11)12/h4-5,7H,2-3,6,8H2,1H3. The second kappa shape index (κ2) is 3.70. The Morgan fingerprint density at radius 1 is 1.25 bits per heavy atom. The predicted octanol–water partition coefficient (Wildman–Crippen LogP) is 1.98. The Morgan fingerprint density at radius 2 is 2.19 bits per heavy atom. The van der Waals surface area contributed by atoms with Crippen molar-refractivity contribution in [3.05, 3.63) is 29.8 Å². The summed E-state index contributed by atoms with van der Waals surface area (Å²) in [5.41, 5.74) is 2.12. The average molecular weight is 214 g/mol.